The van der Waals surface area contributed by atoms with Crippen molar-refractivity contribution in [2.45, 2.75) is 33.7 Å². The Labute approximate surface area is 197 Å². The third-order valence-corrected chi connectivity index (χ3v) is 5.28. The molecule has 1 atom stereocenters. The van der Waals surface area contributed by atoms with Gasteiger partial charge in [-0.25, -0.2) is 5.43 Å². The van der Waals surface area contributed by atoms with Crippen LogP contribution in [0, 0.1) is 29.9 Å². The van der Waals surface area contributed by atoms with Crippen LogP contribution in [0.25, 0.3) is 11.3 Å². The Kier molecular flexibility index (Phi) is 7.57. The lowest BCUT2D eigenvalue weighted by molar-refractivity contribution is -0.385. The molecule has 0 bridgehead atoms. The molecule has 1 aromatic heterocycles. The molecule has 3 rings (SSSR count). The van der Waals surface area contributed by atoms with E-state index in [4.69, 9.17) is 4.42 Å². The van der Waals surface area contributed by atoms with Crippen molar-refractivity contribution in [2.75, 3.05) is 0 Å². The van der Waals surface area contributed by atoms with Crippen LogP contribution < -0.4 is 10.7 Å². The van der Waals surface area contributed by atoms with Gasteiger partial charge in [-0.3, -0.25) is 19.7 Å². The molecule has 34 heavy (non-hydrogen) atoms. The van der Waals surface area contributed by atoms with Gasteiger partial charge in [0.1, 0.15) is 17.6 Å². The van der Waals surface area contributed by atoms with Crippen LogP contribution in [-0.2, 0) is 4.79 Å². The smallest absolute Gasteiger partial charge is 0.273 e. The number of nitrogens with zero attached hydrogens (tertiary/aromatic N) is 2. The third-order valence-electron chi connectivity index (χ3n) is 5.28. The van der Waals surface area contributed by atoms with Gasteiger partial charge in [0.2, 0.25) is 0 Å². The summed E-state index contributed by atoms with van der Waals surface area (Å²) < 4.78 is 5.72. The molecule has 176 valence electrons. The van der Waals surface area contributed by atoms with Gasteiger partial charge in [-0.2, -0.15) is 5.10 Å². The molecule has 9 heteroatoms. The molecule has 2 amide bonds. The minimum absolute atomic E-state index is 0.00354. The summed E-state index contributed by atoms with van der Waals surface area (Å²) in [5.41, 5.74) is 4.94. The van der Waals surface area contributed by atoms with E-state index in [1.54, 1.807) is 49.4 Å². The Bertz CT molecular complexity index is 1250. The summed E-state index contributed by atoms with van der Waals surface area (Å²) in [5.74, 6) is -0.181. The SMILES string of the molecule is Cc1cccc(C(=O)N[C@@H](C(=O)N/N=C/c2ccc(-c3cccc([N+](=O)[O-])c3C)o2)C(C)C)c1. The number of nitro benzene ring substituents is 1. The lowest BCUT2D eigenvalue weighted by Gasteiger charge is -2.20. The minimum Gasteiger partial charge on any atom is -0.455 e. The maximum atomic E-state index is 12.6. The molecule has 0 saturated carbocycles. The van der Waals surface area contributed by atoms with Crippen molar-refractivity contribution in [3.63, 3.8) is 0 Å². The van der Waals surface area contributed by atoms with Crippen LogP contribution in [0.1, 0.15) is 41.1 Å². The van der Waals surface area contributed by atoms with E-state index in [1.807, 2.05) is 26.8 Å². The van der Waals surface area contributed by atoms with Gasteiger partial charge >= 0.3 is 0 Å². The van der Waals surface area contributed by atoms with E-state index in [-0.39, 0.29) is 17.5 Å². The number of carbonyl (C=O) groups excluding carboxylic acids is 2. The van der Waals surface area contributed by atoms with Crippen LogP contribution in [0.5, 0.6) is 0 Å². The Morgan fingerprint density at radius 2 is 1.82 bits per heavy atom. The number of nitro groups is 1. The van der Waals surface area contributed by atoms with Gasteiger partial charge < -0.3 is 9.73 Å². The average Bonchev–Trinajstić information content (AvgIpc) is 3.25. The van der Waals surface area contributed by atoms with Crippen molar-refractivity contribution < 1.29 is 18.9 Å². The van der Waals surface area contributed by atoms with Gasteiger partial charge in [-0.1, -0.05) is 43.7 Å². The predicted octanol–water partition coefficient (Wildman–Crippen LogP) is 4.38. The summed E-state index contributed by atoms with van der Waals surface area (Å²) in [6, 6.07) is 14.4. The molecule has 2 N–H and O–H groups in total. The summed E-state index contributed by atoms with van der Waals surface area (Å²) in [6.45, 7) is 7.19. The molecule has 2 aromatic carbocycles. The van der Waals surface area contributed by atoms with Crippen LogP contribution in [0.4, 0.5) is 5.69 Å². The summed E-state index contributed by atoms with van der Waals surface area (Å²) in [4.78, 5) is 35.9. The molecular weight excluding hydrogens is 436 g/mol. The normalized spacial score (nSPS) is 12.0. The standard InChI is InChI=1S/C25H26N4O5/c1-15(2)23(27-24(30)18-8-5-7-16(3)13-18)25(31)28-26-14-19-11-12-22(34-19)20-9-6-10-21(17(20)4)29(32)33/h5-15,23H,1-4H3,(H,27,30)(H,28,31)/b26-14+/t23-/m1/s1. The zero-order valence-electron chi connectivity index (χ0n) is 19.4. The number of rotatable bonds is 8. The third kappa shape index (κ3) is 5.74. The Hall–Kier alpha value is -4.27. The van der Waals surface area contributed by atoms with E-state index < -0.39 is 16.9 Å². The van der Waals surface area contributed by atoms with Gasteiger partial charge in [0.15, 0.2) is 0 Å². The molecule has 0 radical (unpaired) electrons. The molecule has 0 spiro atoms. The van der Waals surface area contributed by atoms with Gasteiger partial charge in [0, 0.05) is 22.8 Å². The zero-order chi connectivity index (χ0) is 24.8. The van der Waals surface area contributed by atoms with E-state index in [0.29, 0.717) is 28.2 Å². The van der Waals surface area contributed by atoms with Gasteiger partial charge in [0.05, 0.1) is 11.1 Å². The fourth-order valence-electron chi connectivity index (χ4n) is 3.43. The van der Waals surface area contributed by atoms with Crippen molar-refractivity contribution in [1.82, 2.24) is 10.7 Å². The molecule has 0 aliphatic carbocycles. The molecule has 3 aromatic rings. The maximum Gasteiger partial charge on any atom is 0.273 e. The molecule has 0 aliphatic rings. The summed E-state index contributed by atoms with van der Waals surface area (Å²) in [6.07, 6.45) is 1.33. The first kappa shape index (κ1) is 24.4. The highest BCUT2D eigenvalue weighted by Gasteiger charge is 2.24. The van der Waals surface area contributed by atoms with E-state index >= 15 is 0 Å². The summed E-state index contributed by atoms with van der Waals surface area (Å²) in [5, 5.41) is 17.9. The number of amides is 2. The largest absolute Gasteiger partial charge is 0.455 e. The van der Waals surface area contributed by atoms with Gasteiger partial charge in [0.25, 0.3) is 17.5 Å². The summed E-state index contributed by atoms with van der Waals surface area (Å²) in [7, 11) is 0. The van der Waals surface area contributed by atoms with Crippen molar-refractivity contribution in [3.05, 3.63) is 87.2 Å². The highest BCUT2D eigenvalue weighted by molar-refractivity contribution is 5.97. The highest BCUT2D eigenvalue weighted by atomic mass is 16.6. The number of nitrogens with one attached hydrogen (secondary N) is 2. The van der Waals surface area contributed by atoms with Gasteiger partial charge in [-0.15, -0.1) is 0 Å². The quantitative estimate of drug-likeness (QED) is 0.292. The zero-order valence-corrected chi connectivity index (χ0v) is 19.4. The first-order chi connectivity index (χ1) is 16.2. The first-order valence-electron chi connectivity index (χ1n) is 10.7. The predicted molar refractivity (Wildman–Crippen MR) is 129 cm³/mol. The topological polar surface area (TPSA) is 127 Å². The number of hydrogen-bond donors (Lipinski definition) is 2. The second kappa shape index (κ2) is 10.6. The minimum atomic E-state index is -0.787. The van der Waals surface area contributed by atoms with E-state index in [1.165, 1.54) is 12.3 Å². The van der Waals surface area contributed by atoms with Crippen molar-refractivity contribution in [2.24, 2.45) is 11.0 Å². The number of furan rings is 1. The highest BCUT2D eigenvalue weighted by Crippen LogP contribution is 2.30. The molecular formula is C25H26N4O5. The first-order valence-corrected chi connectivity index (χ1v) is 10.7. The fourth-order valence-corrected chi connectivity index (χ4v) is 3.43. The van der Waals surface area contributed by atoms with Crippen molar-refractivity contribution in [3.8, 4) is 11.3 Å². The Balaban J connectivity index is 1.67. The number of hydrazone groups is 1. The monoisotopic (exact) mass is 462 g/mol. The van der Waals surface area contributed by atoms with Crippen LogP contribution in [0.3, 0.4) is 0 Å². The van der Waals surface area contributed by atoms with Crippen LogP contribution >= 0.6 is 0 Å². The fraction of sp³-hybridized carbons (Fsp3) is 0.240. The van der Waals surface area contributed by atoms with Crippen LogP contribution in [0.2, 0.25) is 0 Å². The molecule has 1 heterocycles. The lowest BCUT2D eigenvalue weighted by atomic mass is 10.0. The Morgan fingerprint density at radius 3 is 2.50 bits per heavy atom. The van der Waals surface area contributed by atoms with E-state index in [9.17, 15) is 19.7 Å². The maximum absolute atomic E-state index is 12.6. The number of aryl methyl sites for hydroxylation is 1. The van der Waals surface area contributed by atoms with Gasteiger partial charge in [-0.05, 0) is 44.0 Å². The molecule has 0 fully saturated rings. The lowest BCUT2D eigenvalue weighted by Crippen LogP contribution is -2.48. The molecule has 9 nitrogen and oxygen atoms in total. The number of carbonyl (C=O) groups is 2. The van der Waals surface area contributed by atoms with Crippen molar-refractivity contribution in [1.29, 1.82) is 0 Å². The molecule has 0 saturated heterocycles. The van der Waals surface area contributed by atoms with Crippen LogP contribution in [-0.4, -0.2) is 29.0 Å². The second-order valence-corrected chi connectivity index (χ2v) is 8.21. The summed E-state index contributed by atoms with van der Waals surface area (Å²) >= 11 is 0. The molecule has 0 unspecified atom stereocenters. The second-order valence-electron chi connectivity index (χ2n) is 8.21. The van der Waals surface area contributed by atoms with E-state index in [2.05, 4.69) is 15.8 Å². The Morgan fingerprint density at radius 1 is 1.09 bits per heavy atom. The molecule has 0 aliphatic heterocycles. The average molecular weight is 463 g/mol. The number of hydrogen-bond acceptors (Lipinski definition) is 6. The van der Waals surface area contributed by atoms with Crippen molar-refractivity contribution >= 4 is 23.7 Å². The number of benzene rings is 2. The van der Waals surface area contributed by atoms with E-state index in [0.717, 1.165) is 5.56 Å². The van der Waals surface area contributed by atoms with Crippen LogP contribution in [0.15, 0.2) is 64.1 Å².